The maximum absolute atomic E-state index is 13.0. The van der Waals surface area contributed by atoms with Crippen molar-refractivity contribution in [3.05, 3.63) is 66.0 Å². The third kappa shape index (κ3) is 5.64. The Bertz CT molecular complexity index is 753. The van der Waals surface area contributed by atoms with Crippen molar-refractivity contribution in [3.8, 4) is 0 Å². The molecule has 3 rings (SSSR count). The van der Waals surface area contributed by atoms with Gasteiger partial charge >= 0.3 is 0 Å². The Labute approximate surface area is 174 Å². The number of hydrogen-bond donors (Lipinski definition) is 1. The second-order valence-electron chi connectivity index (χ2n) is 8.16. The van der Waals surface area contributed by atoms with Crippen molar-refractivity contribution < 1.29 is 9.90 Å². The zero-order valence-electron chi connectivity index (χ0n) is 17.6. The highest BCUT2D eigenvalue weighted by Crippen LogP contribution is 2.33. The van der Waals surface area contributed by atoms with Gasteiger partial charge in [-0.05, 0) is 48.6 Å². The van der Waals surface area contributed by atoms with E-state index in [9.17, 15) is 9.90 Å². The van der Waals surface area contributed by atoms with E-state index in [-0.39, 0.29) is 18.6 Å². The van der Waals surface area contributed by atoms with E-state index < -0.39 is 0 Å². The minimum absolute atomic E-state index is 0.0277. The van der Waals surface area contributed by atoms with E-state index in [4.69, 9.17) is 0 Å². The minimum atomic E-state index is -0.0977. The van der Waals surface area contributed by atoms with Crippen LogP contribution in [0.5, 0.6) is 0 Å². The number of carbonyl (C=O) groups excluding carboxylic acids is 1. The fourth-order valence-corrected chi connectivity index (χ4v) is 4.48. The van der Waals surface area contributed by atoms with Crippen LogP contribution in [0.2, 0.25) is 0 Å². The first-order valence-corrected chi connectivity index (χ1v) is 10.6. The van der Waals surface area contributed by atoms with Crippen molar-refractivity contribution in [1.29, 1.82) is 0 Å². The van der Waals surface area contributed by atoms with Crippen LogP contribution in [0, 0.1) is 11.8 Å². The Kier molecular flexibility index (Phi) is 7.78. The maximum atomic E-state index is 13.0. The van der Waals surface area contributed by atoms with Crippen LogP contribution in [0.1, 0.15) is 24.5 Å². The smallest absolute Gasteiger partial charge is 0.227 e. The molecule has 0 saturated carbocycles. The number of amides is 1. The maximum Gasteiger partial charge on any atom is 0.227 e. The molecular weight excluding hydrogens is 362 g/mol. The summed E-state index contributed by atoms with van der Waals surface area (Å²) in [6, 6.07) is 13.9. The van der Waals surface area contributed by atoms with Crippen molar-refractivity contribution >= 4 is 5.91 Å². The molecule has 0 spiro atoms. The fraction of sp³-hybridized carbons (Fsp3) is 0.500. The minimum Gasteiger partial charge on any atom is -0.394 e. The first-order chi connectivity index (χ1) is 14.1. The SMILES string of the molecule is CC[C@@H]1CN(C(=O)Cc2ccccc2)[C@H](CO)[C@@H]1CN(C)CCc1ccncc1. The summed E-state index contributed by atoms with van der Waals surface area (Å²) in [5, 5.41) is 10.1. The van der Waals surface area contributed by atoms with E-state index in [1.165, 1.54) is 5.56 Å². The van der Waals surface area contributed by atoms with E-state index >= 15 is 0 Å². The largest absolute Gasteiger partial charge is 0.394 e. The number of hydrogen-bond acceptors (Lipinski definition) is 4. The van der Waals surface area contributed by atoms with Gasteiger partial charge in [0.25, 0.3) is 0 Å². The van der Waals surface area contributed by atoms with Gasteiger partial charge in [-0.3, -0.25) is 9.78 Å². The summed E-state index contributed by atoms with van der Waals surface area (Å²) in [6.07, 6.45) is 6.06. The lowest BCUT2D eigenvalue weighted by Crippen LogP contribution is -2.43. The van der Waals surface area contributed by atoms with Gasteiger partial charge in [0, 0.05) is 32.0 Å². The van der Waals surface area contributed by atoms with Crippen molar-refractivity contribution in [3.63, 3.8) is 0 Å². The quantitative estimate of drug-likeness (QED) is 0.709. The van der Waals surface area contributed by atoms with Crippen LogP contribution >= 0.6 is 0 Å². The van der Waals surface area contributed by atoms with E-state index in [1.54, 1.807) is 0 Å². The Balaban J connectivity index is 1.61. The molecule has 5 nitrogen and oxygen atoms in total. The standard InChI is InChI=1S/C24H33N3O2/c1-3-21-16-27(24(29)15-20-7-5-4-6-8-20)23(18-28)22(21)17-26(2)14-11-19-9-12-25-13-10-19/h4-10,12-13,21-23,28H,3,11,14-18H2,1-2H3/t21-,22-,23-/m1/s1. The number of rotatable bonds is 9. The van der Waals surface area contributed by atoms with Gasteiger partial charge in [-0.25, -0.2) is 0 Å². The molecule has 2 heterocycles. The van der Waals surface area contributed by atoms with Crippen molar-refractivity contribution in [2.24, 2.45) is 11.8 Å². The van der Waals surface area contributed by atoms with E-state index in [0.717, 1.165) is 38.0 Å². The number of nitrogens with zero attached hydrogens (tertiary/aromatic N) is 3. The number of aliphatic hydroxyl groups excluding tert-OH is 1. The molecule has 1 amide bonds. The molecule has 1 aliphatic rings. The van der Waals surface area contributed by atoms with Gasteiger partial charge in [-0.15, -0.1) is 0 Å². The van der Waals surface area contributed by atoms with Crippen molar-refractivity contribution in [2.75, 3.05) is 33.3 Å². The monoisotopic (exact) mass is 395 g/mol. The summed E-state index contributed by atoms with van der Waals surface area (Å²) >= 11 is 0. The zero-order chi connectivity index (χ0) is 20.6. The van der Waals surface area contributed by atoms with Gasteiger partial charge in [0.1, 0.15) is 0 Å². The lowest BCUT2D eigenvalue weighted by Gasteiger charge is -2.30. The molecule has 1 aromatic heterocycles. The van der Waals surface area contributed by atoms with Crippen LogP contribution in [-0.2, 0) is 17.6 Å². The van der Waals surface area contributed by atoms with Gasteiger partial charge in [0.15, 0.2) is 0 Å². The lowest BCUT2D eigenvalue weighted by molar-refractivity contribution is -0.132. The summed E-state index contributed by atoms with van der Waals surface area (Å²) < 4.78 is 0. The molecule has 0 unspecified atom stereocenters. The Morgan fingerprint density at radius 3 is 2.55 bits per heavy atom. The number of likely N-dealkylation sites (N-methyl/N-ethyl adjacent to an activating group) is 1. The first kappa shape index (κ1) is 21.5. The number of aliphatic hydroxyl groups is 1. The van der Waals surface area contributed by atoms with E-state index in [2.05, 4.69) is 36.0 Å². The molecule has 5 heteroatoms. The molecule has 156 valence electrons. The van der Waals surface area contributed by atoms with Gasteiger partial charge in [0.05, 0.1) is 19.1 Å². The Hall–Kier alpha value is -2.24. The normalized spacial score (nSPS) is 21.7. The highest BCUT2D eigenvalue weighted by molar-refractivity contribution is 5.79. The zero-order valence-corrected chi connectivity index (χ0v) is 17.6. The molecule has 0 aliphatic carbocycles. The van der Waals surface area contributed by atoms with Gasteiger partial charge < -0.3 is 14.9 Å². The second-order valence-corrected chi connectivity index (χ2v) is 8.16. The van der Waals surface area contributed by atoms with Crippen LogP contribution in [0.3, 0.4) is 0 Å². The molecule has 1 aromatic carbocycles. The van der Waals surface area contributed by atoms with Gasteiger partial charge in [0.2, 0.25) is 5.91 Å². The molecule has 29 heavy (non-hydrogen) atoms. The first-order valence-electron chi connectivity index (χ1n) is 10.6. The molecule has 1 aliphatic heterocycles. The summed E-state index contributed by atoms with van der Waals surface area (Å²) in [5.74, 6) is 0.845. The van der Waals surface area contributed by atoms with Crippen LogP contribution in [-0.4, -0.2) is 65.1 Å². The van der Waals surface area contributed by atoms with Crippen LogP contribution < -0.4 is 0 Å². The predicted molar refractivity (Wildman–Crippen MR) is 115 cm³/mol. The second kappa shape index (κ2) is 10.5. The molecule has 1 N–H and O–H groups in total. The number of likely N-dealkylation sites (tertiary alicyclic amines) is 1. The fourth-order valence-electron chi connectivity index (χ4n) is 4.48. The molecule has 3 atom stereocenters. The van der Waals surface area contributed by atoms with Gasteiger partial charge in [-0.2, -0.15) is 0 Å². The van der Waals surface area contributed by atoms with Crippen LogP contribution in [0.25, 0.3) is 0 Å². The molecule has 2 aromatic rings. The average molecular weight is 396 g/mol. The molecule has 1 fully saturated rings. The molecule has 0 bridgehead atoms. The Morgan fingerprint density at radius 2 is 1.90 bits per heavy atom. The highest BCUT2D eigenvalue weighted by atomic mass is 16.3. The summed E-state index contributed by atoms with van der Waals surface area (Å²) in [4.78, 5) is 21.3. The third-order valence-corrected chi connectivity index (χ3v) is 6.22. The number of benzene rings is 1. The van der Waals surface area contributed by atoms with E-state index in [0.29, 0.717) is 18.3 Å². The lowest BCUT2D eigenvalue weighted by atomic mass is 9.88. The predicted octanol–water partition coefficient (Wildman–Crippen LogP) is 2.64. The van der Waals surface area contributed by atoms with Crippen LogP contribution in [0.15, 0.2) is 54.9 Å². The number of pyridine rings is 1. The molecule has 0 radical (unpaired) electrons. The van der Waals surface area contributed by atoms with Crippen LogP contribution in [0.4, 0.5) is 0 Å². The summed E-state index contributed by atoms with van der Waals surface area (Å²) in [7, 11) is 2.14. The summed E-state index contributed by atoms with van der Waals surface area (Å²) in [5.41, 5.74) is 2.31. The number of aromatic nitrogens is 1. The van der Waals surface area contributed by atoms with Crippen molar-refractivity contribution in [1.82, 2.24) is 14.8 Å². The summed E-state index contributed by atoms with van der Waals surface area (Å²) in [6.45, 7) is 4.81. The molecule has 1 saturated heterocycles. The topological polar surface area (TPSA) is 56.7 Å². The van der Waals surface area contributed by atoms with Crippen molar-refractivity contribution in [2.45, 2.75) is 32.2 Å². The van der Waals surface area contributed by atoms with E-state index in [1.807, 2.05) is 47.6 Å². The Morgan fingerprint density at radius 1 is 1.17 bits per heavy atom. The van der Waals surface area contributed by atoms with Gasteiger partial charge in [-0.1, -0.05) is 43.7 Å². The third-order valence-electron chi connectivity index (χ3n) is 6.22. The average Bonchev–Trinajstić information content (AvgIpc) is 3.11. The highest BCUT2D eigenvalue weighted by Gasteiger charge is 2.42. The molecular formula is C24H33N3O2. The number of carbonyl (C=O) groups is 1.